The van der Waals surface area contributed by atoms with Crippen molar-refractivity contribution in [1.29, 1.82) is 0 Å². The second-order valence-corrected chi connectivity index (χ2v) is 10.4. The molecule has 1 unspecified atom stereocenters. The van der Waals surface area contributed by atoms with E-state index in [4.69, 9.17) is 15.0 Å². The molecule has 9 nitrogen and oxygen atoms in total. The predicted molar refractivity (Wildman–Crippen MR) is 121 cm³/mol. The largest absolute Gasteiger partial charge is 0.480 e. The average Bonchev–Trinajstić information content (AvgIpc) is 3.30. The molecule has 3 aromatic rings. The molecular weight excluding hydrogens is 454 g/mol. The van der Waals surface area contributed by atoms with Crippen LogP contribution < -0.4 is 10.5 Å². The van der Waals surface area contributed by atoms with Crippen LogP contribution in [0.25, 0.3) is 22.7 Å². The fourth-order valence-corrected chi connectivity index (χ4v) is 5.01. The van der Waals surface area contributed by atoms with Gasteiger partial charge < -0.3 is 15.0 Å². The van der Waals surface area contributed by atoms with E-state index >= 15 is 0 Å². The lowest BCUT2D eigenvalue weighted by Crippen LogP contribution is -2.46. The fourth-order valence-electron chi connectivity index (χ4n) is 3.03. The molecule has 0 bridgehead atoms. The Bertz CT molecular complexity index is 1280. The first-order valence-electron chi connectivity index (χ1n) is 9.76. The molecule has 1 aromatic carbocycles. The third-order valence-corrected chi connectivity index (χ3v) is 8.33. The van der Waals surface area contributed by atoms with Crippen LogP contribution >= 0.6 is 0 Å². The van der Waals surface area contributed by atoms with Gasteiger partial charge in [0, 0.05) is 24.2 Å². The van der Waals surface area contributed by atoms with Crippen molar-refractivity contribution in [2.45, 2.75) is 24.3 Å². The second kappa shape index (κ2) is 9.61. The maximum absolute atomic E-state index is 14.7. The summed E-state index contributed by atoms with van der Waals surface area (Å²) in [6.45, 7) is 2.03. The zero-order valence-electron chi connectivity index (χ0n) is 18.6. The average molecular weight is 479 g/mol. The molecule has 3 rings (SSSR count). The van der Waals surface area contributed by atoms with Crippen molar-refractivity contribution >= 4 is 15.6 Å². The molecule has 0 aliphatic rings. The molecule has 0 aliphatic heterocycles. The Hall–Kier alpha value is -3.41. The molecule has 0 aliphatic carbocycles. The molecule has 0 spiro atoms. The standard InChI is InChI=1S/C21H24F2N6O3S/c1-21(2,20(24)28-12-22)33(30,25-3)11-14-7-13(5-6-15(14)23)18-8-16(29-32-18)17-9-27-19(31-4)10-26-17/h5-10H,11-12H2,1-4H3,(H2,24,28). The van der Waals surface area contributed by atoms with Crippen molar-refractivity contribution in [3.8, 4) is 28.6 Å². The summed E-state index contributed by atoms with van der Waals surface area (Å²) >= 11 is 0. The SMILES string of the molecule is CN=S(=O)(Cc1cc(-c2cc(-c3cnc(OC)cn3)no2)ccc1F)C(C)(C)C(N)=NCF. The Kier molecular flexibility index (Phi) is 7.06. The molecule has 0 fully saturated rings. The molecule has 2 aromatic heterocycles. The van der Waals surface area contributed by atoms with Gasteiger partial charge in [-0.2, -0.15) is 0 Å². The summed E-state index contributed by atoms with van der Waals surface area (Å²) in [6.07, 6.45) is 2.93. The third kappa shape index (κ3) is 4.85. The van der Waals surface area contributed by atoms with Crippen LogP contribution in [-0.2, 0) is 15.5 Å². The number of hydrogen-bond donors (Lipinski definition) is 1. The van der Waals surface area contributed by atoms with E-state index in [0.717, 1.165) is 0 Å². The number of aromatic nitrogens is 3. The van der Waals surface area contributed by atoms with E-state index in [-0.39, 0.29) is 17.2 Å². The number of methoxy groups -OCH3 is 1. The Morgan fingerprint density at radius 1 is 1.24 bits per heavy atom. The molecule has 0 amide bonds. The molecule has 1 atom stereocenters. The van der Waals surface area contributed by atoms with Gasteiger partial charge in [0.1, 0.15) is 27.8 Å². The molecule has 2 heterocycles. The molecule has 33 heavy (non-hydrogen) atoms. The van der Waals surface area contributed by atoms with E-state index in [2.05, 4.69) is 24.5 Å². The number of aliphatic imine (C=N–C) groups is 1. The number of nitrogens with two attached hydrogens (primary N) is 1. The van der Waals surface area contributed by atoms with Crippen LogP contribution in [0.5, 0.6) is 5.88 Å². The smallest absolute Gasteiger partial charge is 0.232 e. The van der Waals surface area contributed by atoms with E-state index in [9.17, 15) is 13.0 Å². The summed E-state index contributed by atoms with van der Waals surface area (Å²) in [4.78, 5) is 11.8. The van der Waals surface area contributed by atoms with E-state index in [0.29, 0.717) is 28.6 Å². The van der Waals surface area contributed by atoms with Gasteiger partial charge in [0.05, 0.1) is 35.0 Å². The number of rotatable bonds is 8. The Labute approximate surface area is 190 Å². The van der Waals surface area contributed by atoms with Crippen LogP contribution in [0.15, 0.2) is 50.5 Å². The molecule has 176 valence electrons. The third-order valence-electron chi connectivity index (χ3n) is 5.23. The van der Waals surface area contributed by atoms with Gasteiger partial charge in [0.15, 0.2) is 12.6 Å². The Balaban J connectivity index is 1.95. The van der Waals surface area contributed by atoms with Crippen LogP contribution in [0.3, 0.4) is 0 Å². The number of hydrogen-bond acceptors (Lipinski definition) is 8. The first-order valence-corrected chi connectivity index (χ1v) is 11.4. The topological polar surface area (TPSA) is 129 Å². The Morgan fingerprint density at radius 2 is 2.00 bits per heavy atom. The highest BCUT2D eigenvalue weighted by molar-refractivity contribution is 7.95. The first-order chi connectivity index (χ1) is 15.6. The van der Waals surface area contributed by atoms with Gasteiger partial charge in [0.25, 0.3) is 0 Å². The molecule has 12 heteroatoms. The lowest BCUT2D eigenvalue weighted by molar-refractivity contribution is 0.395. The zero-order valence-corrected chi connectivity index (χ0v) is 19.4. The van der Waals surface area contributed by atoms with Crippen molar-refractivity contribution < 1.29 is 22.2 Å². The number of benzene rings is 1. The maximum Gasteiger partial charge on any atom is 0.232 e. The Morgan fingerprint density at radius 3 is 2.61 bits per heavy atom. The lowest BCUT2D eigenvalue weighted by Gasteiger charge is -2.28. The minimum absolute atomic E-state index is 0.131. The summed E-state index contributed by atoms with van der Waals surface area (Å²) in [7, 11) is -0.321. The molecule has 2 N–H and O–H groups in total. The number of alkyl halides is 1. The van der Waals surface area contributed by atoms with Crippen molar-refractivity contribution in [1.82, 2.24) is 15.1 Å². The molecule has 0 saturated heterocycles. The van der Waals surface area contributed by atoms with Gasteiger partial charge >= 0.3 is 0 Å². The fraction of sp³-hybridized carbons (Fsp3) is 0.333. The van der Waals surface area contributed by atoms with E-state index in [1.54, 1.807) is 6.07 Å². The van der Waals surface area contributed by atoms with Gasteiger partial charge in [-0.1, -0.05) is 5.16 Å². The lowest BCUT2D eigenvalue weighted by atomic mass is 10.1. The van der Waals surface area contributed by atoms with Gasteiger partial charge in [-0.3, -0.25) is 0 Å². The summed E-state index contributed by atoms with van der Waals surface area (Å²) < 4.78 is 54.1. The van der Waals surface area contributed by atoms with Gasteiger partial charge in [-0.05, 0) is 32.0 Å². The van der Waals surface area contributed by atoms with E-state index in [1.165, 1.54) is 58.6 Å². The van der Waals surface area contributed by atoms with Gasteiger partial charge in [-0.25, -0.2) is 32.3 Å². The van der Waals surface area contributed by atoms with Crippen molar-refractivity contribution in [2.24, 2.45) is 15.1 Å². The number of ether oxygens (including phenoxy) is 1. The number of amidine groups is 1. The van der Waals surface area contributed by atoms with Gasteiger partial charge in [-0.15, -0.1) is 0 Å². The van der Waals surface area contributed by atoms with Crippen LogP contribution in [-0.4, -0.2) is 50.9 Å². The van der Waals surface area contributed by atoms with Crippen molar-refractivity contribution in [3.63, 3.8) is 0 Å². The highest BCUT2D eigenvalue weighted by Crippen LogP contribution is 2.30. The first kappa shape index (κ1) is 24.2. The highest BCUT2D eigenvalue weighted by atomic mass is 32.2. The highest BCUT2D eigenvalue weighted by Gasteiger charge is 2.36. The number of nitrogens with zero attached hydrogens (tertiary/aromatic N) is 5. The summed E-state index contributed by atoms with van der Waals surface area (Å²) in [5.41, 5.74) is 7.37. The van der Waals surface area contributed by atoms with Crippen LogP contribution in [0.1, 0.15) is 19.4 Å². The zero-order chi connectivity index (χ0) is 24.2. The summed E-state index contributed by atoms with van der Waals surface area (Å²) in [5.74, 6) is -0.286. The summed E-state index contributed by atoms with van der Waals surface area (Å²) in [6, 6.07) is 5.88. The minimum atomic E-state index is -3.16. The van der Waals surface area contributed by atoms with Crippen LogP contribution in [0.4, 0.5) is 8.78 Å². The second-order valence-electron chi connectivity index (χ2n) is 7.47. The van der Waals surface area contributed by atoms with Crippen LogP contribution in [0, 0.1) is 5.82 Å². The monoisotopic (exact) mass is 478 g/mol. The quantitative estimate of drug-likeness (QED) is 0.297. The normalized spacial score (nSPS) is 14.1. The van der Waals surface area contributed by atoms with Gasteiger partial charge in [0.2, 0.25) is 5.88 Å². The number of halogens is 2. The van der Waals surface area contributed by atoms with Crippen molar-refractivity contribution in [3.05, 3.63) is 48.0 Å². The maximum atomic E-state index is 14.7. The minimum Gasteiger partial charge on any atom is -0.480 e. The van der Waals surface area contributed by atoms with E-state index in [1.807, 2.05) is 0 Å². The molecular formula is C21H24F2N6O3S. The summed E-state index contributed by atoms with van der Waals surface area (Å²) in [5, 5.41) is 3.99. The molecule has 0 saturated carbocycles. The molecule has 0 radical (unpaired) electrons. The van der Waals surface area contributed by atoms with E-state index < -0.39 is 27.1 Å². The predicted octanol–water partition coefficient (Wildman–Crippen LogP) is 3.61. The van der Waals surface area contributed by atoms with Crippen molar-refractivity contribution in [2.75, 3.05) is 21.0 Å². The van der Waals surface area contributed by atoms with Crippen LogP contribution in [0.2, 0.25) is 0 Å².